The van der Waals surface area contributed by atoms with Gasteiger partial charge in [0.1, 0.15) is 5.54 Å². The molecule has 1 aliphatic rings. The van der Waals surface area contributed by atoms with Gasteiger partial charge in [0.15, 0.2) is 0 Å². The van der Waals surface area contributed by atoms with Crippen molar-refractivity contribution in [2.24, 2.45) is 5.73 Å². The summed E-state index contributed by atoms with van der Waals surface area (Å²) in [5.74, 6) is -0.295. The van der Waals surface area contributed by atoms with Crippen LogP contribution in [0.5, 0.6) is 0 Å². The fourth-order valence-electron chi connectivity index (χ4n) is 3.03. The van der Waals surface area contributed by atoms with E-state index in [1.54, 1.807) is 13.8 Å². The fourth-order valence-corrected chi connectivity index (χ4v) is 3.03. The first-order valence-corrected chi connectivity index (χ1v) is 8.05. The van der Waals surface area contributed by atoms with Crippen molar-refractivity contribution in [1.82, 2.24) is 9.80 Å². The van der Waals surface area contributed by atoms with Crippen LogP contribution in [0.4, 0.5) is 0 Å². The molecule has 5 nitrogen and oxygen atoms in total. The zero-order valence-corrected chi connectivity index (χ0v) is 14.4. The predicted octanol–water partition coefficient (Wildman–Crippen LogP) is 1.46. The van der Waals surface area contributed by atoms with E-state index >= 15 is 0 Å². The van der Waals surface area contributed by atoms with Crippen molar-refractivity contribution < 1.29 is 9.53 Å². The number of likely N-dealkylation sites (N-methyl/N-ethyl adjacent to an activating group) is 2. The Morgan fingerprint density at radius 3 is 2.38 bits per heavy atom. The highest BCUT2D eigenvalue weighted by Gasteiger charge is 2.39. The van der Waals surface area contributed by atoms with Crippen molar-refractivity contribution in [3.8, 4) is 0 Å². The average molecular weight is 299 g/mol. The second kappa shape index (κ2) is 7.56. The van der Waals surface area contributed by atoms with Gasteiger partial charge in [-0.25, -0.2) is 0 Å². The maximum atomic E-state index is 11.7. The first-order valence-electron chi connectivity index (χ1n) is 8.05. The number of carbonyl (C=O) groups is 1. The topological polar surface area (TPSA) is 58.8 Å². The van der Waals surface area contributed by atoms with Crippen LogP contribution in [0.2, 0.25) is 0 Å². The van der Waals surface area contributed by atoms with E-state index in [4.69, 9.17) is 10.5 Å². The molecule has 1 saturated carbocycles. The van der Waals surface area contributed by atoms with Gasteiger partial charge in [0.25, 0.3) is 0 Å². The van der Waals surface area contributed by atoms with Crippen molar-refractivity contribution in [2.75, 3.05) is 40.8 Å². The van der Waals surface area contributed by atoms with Crippen molar-refractivity contribution >= 4 is 5.97 Å². The number of hydrogen-bond donors (Lipinski definition) is 1. The molecule has 1 fully saturated rings. The van der Waals surface area contributed by atoms with Gasteiger partial charge >= 0.3 is 5.97 Å². The minimum Gasteiger partial charge on any atom is -0.465 e. The van der Waals surface area contributed by atoms with Gasteiger partial charge in [-0.2, -0.15) is 0 Å². The van der Waals surface area contributed by atoms with Crippen LogP contribution in [0.15, 0.2) is 0 Å². The van der Waals surface area contributed by atoms with Crippen molar-refractivity contribution in [2.45, 2.75) is 57.0 Å². The summed E-state index contributed by atoms with van der Waals surface area (Å²) in [5.41, 5.74) is 5.52. The summed E-state index contributed by atoms with van der Waals surface area (Å²) in [6.07, 6.45) is 5.45. The Balaban J connectivity index is 2.33. The van der Waals surface area contributed by atoms with E-state index in [1.165, 1.54) is 19.3 Å². The van der Waals surface area contributed by atoms with E-state index in [-0.39, 0.29) is 5.97 Å². The highest BCUT2D eigenvalue weighted by Crippen LogP contribution is 2.36. The molecule has 0 radical (unpaired) electrons. The molecular formula is C16H33N3O2. The normalized spacial score (nSPS) is 20.2. The quantitative estimate of drug-likeness (QED) is 0.653. The minimum atomic E-state index is -0.868. The number of nitrogens with two attached hydrogens (primary N) is 1. The zero-order valence-electron chi connectivity index (χ0n) is 14.4. The van der Waals surface area contributed by atoms with E-state index in [0.29, 0.717) is 18.6 Å². The summed E-state index contributed by atoms with van der Waals surface area (Å²) in [4.78, 5) is 16.5. The van der Waals surface area contributed by atoms with Crippen LogP contribution in [-0.4, -0.2) is 67.7 Å². The van der Waals surface area contributed by atoms with Crippen LogP contribution in [0, 0.1) is 0 Å². The molecular weight excluding hydrogens is 266 g/mol. The van der Waals surface area contributed by atoms with Crippen molar-refractivity contribution in [1.29, 1.82) is 0 Å². The van der Waals surface area contributed by atoms with Crippen LogP contribution in [-0.2, 0) is 9.53 Å². The Kier molecular flexibility index (Phi) is 6.63. The summed E-state index contributed by atoms with van der Waals surface area (Å²) >= 11 is 0. The van der Waals surface area contributed by atoms with Crippen molar-refractivity contribution in [3.05, 3.63) is 0 Å². The molecule has 5 heteroatoms. The summed E-state index contributed by atoms with van der Waals surface area (Å²) in [6.45, 7) is 6.00. The highest BCUT2D eigenvalue weighted by atomic mass is 16.5. The van der Waals surface area contributed by atoms with E-state index in [2.05, 4.69) is 30.9 Å². The van der Waals surface area contributed by atoms with Gasteiger partial charge in [-0.05, 0) is 73.6 Å². The number of nitrogens with zero attached hydrogens (tertiary/aromatic N) is 2. The van der Waals surface area contributed by atoms with Gasteiger partial charge in [0, 0.05) is 12.1 Å². The number of esters is 1. The third-order valence-corrected chi connectivity index (χ3v) is 4.77. The number of hydrogen-bond acceptors (Lipinski definition) is 5. The standard InChI is InChI=1S/C16H33N3O2/c1-6-21-14(20)15(2,17)9-8-12-19(5)13-16(18(3)4)10-7-11-16/h6-13,17H2,1-5H3. The Bertz CT molecular complexity index is 338. The molecule has 2 N–H and O–H groups in total. The molecule has 0 aromatic carbocycles. The maximum absolute atomic E-state index is 11.7. The lowest BCUT2D eigenvalue weighted by Crippen LogP contribution is -2.56. The fraction of sp³-hybridized carbons (Fsp3) is 0.938. The molecule has 0 amide bonds. The molecule has 0 spiro atoms. The van der Waals surface area contributed by atoms with Gasteiger partial charge < -0.3 is 20.3 Å². The second-order valence-electron chi connectivity index (χ2n) is 6.95. The smallest absolute Gasteiger partial charge is 0.325 e. The van der Waals surface area contributed by atoms with Gasteiger partial charge in [-0.15, -0.1) is 0 Å². The predicted molar refractivity (Wildman–Crippen MR) is 86.2 cm³/mol. The van der Waals surface area contributed by atoms with Crippen LogP contribution in [0.25, 0.3) is 0 Å². The number of ether oxygens (including phenoxy) is 1. The van der Waals surface area contributed by atoms with Crippen LogP contribution >= 0.6 is 0 Å². The Morgan fingerprint density at radius 1 is 1.33 bits per heavy atom. The maximum Gasteiger partial charge on any atom is 0.325 e. The molecule has 0 saturated heterocycles. The van der Waals surface area contributed by atoms with Crippen molar-refractivity contribution in [3.63, 3.8) is 0 Å². The SMILES string of the molecule is CCOC(=O)C(C)(N)CCCN(C)CC1(N(C)C)CCC1. The molecule has 0 aromatic rings. The summed E-state index contributed by atoms with van der Waals surface area (Å²) in [6, 6.07) is 0. The molecule has 0 aliphatic heterocycles. The van der Waals surface area contributed by atoms with E-state index < -0.39 is 5.54 Å². The molecule has 1 aliphatic carbocycles. The molecule has 1 atom stereocenters. The lowest BCUT2D eigenvalue weighted by molar-refractivity contribution is -0.149. The van der Waals surface area contributed by atoms with Crippen LogP contribution < -0.4 is 5.73 Å². The first-order chi connectivity index (χ1) is 9.73. The number of rotatable bonds is 9. The Labute approximate surface area is 129 Å². The largest absolute Gasteiger partial charge is 0.465 e. The molecule has 0 bridgehead atoms. The highest BCUT2D eigenvalue weighted by molar-refractivity contribution is 5.79. The lowest BCUT2D eigenvalue weighted by Gasteiger charge is -2.49. The third kappa shape index (κ3) is 4.94. The first kappa shape index (κ1) is 18.4. The van der Waals surface area contributed by atoms with Gasteiger partial charge in [0.2, 0.25) is 0 Å². The summed E-state index contributed by atoms with van der Waals surface area (Å²) < 4.78 is 5.02. The van der Waals surface area contributed by atoms with E-state index in [0.717, 1.165) is 19.5 Å². The molecule has 0 heterocycles. The molecule has 0 aromatic heterocycles. The second-order valence-corrected chi connectivity index (χ2v) is 6.95. The average Bonchev–Trinajstić information content (AvgIpc) is 2.33. The van der Waals surface area contributed by atoms with E-state index in [9.17, 15) is 4.79 Å². The van der Waals surface area contributed by atoms with Gasteiger partial charge in [-0.3, -0.25) is 4.79 Å². The van der Waals surface area contributed by atoms with Crippen LogP contribution in [0.1, 0.15) is 46.0 Å². The van der Waals surface area contributed by atoms with Gasteiger partial charge in [0.05, 0.1) is 6.61 Å². The van der Waals surface area contributed by atoms with E-state index in [1.807, 2.05) is 0 Å². The molecule has 1 unspecified atom stereocenters. The molecule has 124 valence electrons. The number of carbonyl (C=O) groups excluding carboxylic acids is 1. The summed E-state index contributed by atoms with van der Waals surface area (Å²) in [5, 5.41) is 0. The lowest BCUT2D eigenvalue weighted by atomic mass is 9.75. The molecule has 1 rings (SSSR count). The summed E-state index contributed by atoms with van der Waals surface area (Å²) in [7, 11) is 6.50. The Hall–Kier alpha value is -0.650. The Morgan fingerprint density at radius 2 is 1.95 bits per heavy atom. The van der Waals surface area contributed by atoms with Gasteiger partial charge in [-0.1, -0.05) is 0 Å². The monoisotopic (exact) mass is 299 g/mol. The minimum absolute atomic E-state index is 0.295. The third-order valence-electron chi connectivity index (χ3n) is 4.77. The van der Waals surface area contributed by atoms with Crippen LogP contribution in [0.3, 0.4) is 0 Å². The zero-order chi connectivity index (χ0) is 16.1. The molecule has 21 heavy (non-hydrogen) atoms.